The lowest BCUT2D eigenvalue weighted by Gasteiger charge is -2.10. The number of benzene rings is 2. The summed E-state index contributed by atoms with van der Waals surface area (Å²) < 4.78 is 5.14. The van der Waals surface area contributed by atoms with Crippen molar-refractivity contribution in [3.05, 3.63) is 71.8 Å². The van der Waals surface area contributed by atoms with Crippen molar-refractivity contribution in [1.29, 1.82) is 0 Å². The van der Waals surface area contributed by atoms with Crippen LogP contribution in [0.15, 0.2) is 60.7 Å². The Bertz CT molecular complexity index is 522. The van der Waals surface area contributed by atoms with Gasteiger partial charge in [-0.2, -0.15) is 0 Å². The number of carbonyl (C=O) groups is 1. The average Bonchev–Trinajstić information content (AvgIpc) is 2.47. The second-order valence-corrected chi connectivity index (χ2v) is 4.69. The first kappa shape index (κ1) is 14.3. The number of esters is 1. The lowest BCUT2D eigenvalue weighted by molar-refractivity contribution is -0.147. The third-order valence-corrected chi connectivity index (χ3v) is 2.96. The highest BCUT2D eigenvalue weighted by Crippen LogP contribution is 2.08. The number of aliphatic hydroxyl groups is 1. The molecule has 0 radical (unpaired) electrons. The second-order valence-electron chi connectivity index (χ2n) is 4.69. The van der Waals surface area contributed by atoms with Gasteiger partial charge in [0.15, 0.2) is 0 Å². The summed E-state index contributed by atoms with van der Waals surface area (Å²) >= 11 is 0. The molecule has 0 unspecified atom stereocenters. The van der Waals surface area contributed by atoms with Crippen LogP contribution in [0.1, 0.15) is 17.5 Å². The van der Waals surface area contributed by atoms with Crippen molar-refractivity contribution in [3.8, 4) is 0 Å². The predicted molar refractivity (Wildman–Crippen MR) is 77.0 cm³/mol. The van der Waals surface area contributed by atoms with Crippen molar-refractivity contribution in [2.45, 2.75) is 25.6 Å². The maximum absolute atomic E-state index is 11.6. The highest BCUT2D eigenvalue weighted by Gasteiger charge is 2.12. The molecule has 0 heterocycles. The van der Waals surface area contributed by atoms with Crippen LogP contribution < -0.4 is 0 Å². The Morgan fingerprint density at radius 3 is 2.10 bits per heavy atom. The normalized spacial score (nSPS) is 11.8. The molecule has 2 aromatic carbocycles. The van der Waals surface area contributed by atoms with E-state index in [2.05, 4.69) is 0 Å². The molecule has 20 heavy (non-hydrogen) atoms. The molecule has 0 saturated carbocycles. The SMILES string of the molecule is O=C(C[C@@H](O)Cc1ccccc1)OCc1ccccc1. The zero-order valence-corrected chi connectivity index (χ0v) is 11.2. The van der Waals surface area contributed by atoms with E-state index in [9.17, 15) is 9.90 Å². The van der Waals surface area contributed by atoms with Crippen LogP contribution in [0.5, 0.6) is 0 Å². The van der Waals surface area contributed by atoms with E-state index in [1.54, 1.807) is 0 Å². The number of ether oxygens (including phenoxy) is 1. The quantitative estimate of drug-likeness (QED) is 0.821. The molecule has 1 atom stereocenters. The van der Waals surface area contributed by atoms with Crippen molar-refractivity contribution in [3.63, 3.8) is 0 Å². The van der Waals surface area contributed by atoms with Crippen LogP contribution in [-0.4, -0.2) is 17.2 Å². The van der Waals surface area contributed by atoms with E-state index in [0.29, 0.717) is 6.42 Å². The van der Waals surface area contributed by atoms with Gasteiger partial charge in [-0.15, -0.1) is 0 Å². The third kappa shape index (κ3) is 4.86. The monoisotopic (exact) mass is 270 g/mol. The molecule has 0 saturated heterocycles. The Kier molecular flexibility index (Phi) is 5.33. The highest BCUT2D eigenvalue weighted by atomic mass is 16.5. The van der Waals surface area contributed by atoms with Crippen LogP contribution in [0.3, 0.4) is 0 Å². The average molecular weight is 270 g/mol. The minimum atomic E-state index is -0.708. The van der Waals surface area contributed by atoms with Crippen LogP contribution in [-0.2, 0) is 22.6 Å². The van der Waals surface area contributed by atoms with Crippen LogP contribution >= 0.6 is 0 Å². The molecule has 3 heteroatoms. The molecule has 2 aromatic rings. The molecular weight excluding hydrogens is 252 g/mol. The maximum Gasteiger partial charge on any atom is 0.308 e. The number of rotatable bonds is 6. The van der Waals surface area contributed by atoms with E-state index in [0.717, 1.165) is 11.1 Å². The van der Waals surface area contributed by atoms with E-state index >= 15 is 0 Å². The Morgan fingerprint density at radius 2 is 1.50 bits per heavy atom. The molecule has 0 aromatic heterocycles. The van der Waals surface area contributed by atoms with Crippen LogP contribution in [0.2, 0.25) is 0 Å². The zero-order chi connectivity index (χ0) is 14.2. The van der Waals surface area contributed by atoms with E-state index in [-0.39, 0.29) is 19.0 Å². The summed E-state index contributed by atoms with van der Waals surface area (Å²) in [4.78, 5) is 11.6. The van der Waals surface area contributed by atoms with Gasteiger partial charge in [-0.05, 0) is 17.5 Å². The first-order chi connectivity index (χ1) is 9.74. The molecule has 0 aliphatic rings. The number of hydrogen-bond acceptors (Lipinski definition) is 3. The summed E-state index contributed by atoms with van der Waals surface area (Å²) in [7, 11) is 0. The molecule has 0 fully saturated rings. The molecule has 0 spiro atoms. The Balaban J connectivity index is 1.74. The number of carbonyl (C=O) groups excluding carboxylic acids is 1. The molecule has 0 aliphatic carbocycles. The summed E-state index contributed by atoms with van der Waals surface area (Å²) in [6.07, 6.45) is -0.233. The first-order valence-electron chi connectivity index (χ1n) is 6.65. The van der Waals surface area contributed by atoms with Gasteiger partial charge in [0.25, 0.3) is 0 Å². The lowest BCUT2D eigenvalue weighted by atomic mass is 10.1. The summed E-state index contributed by atoms with van der Waals surface area (Å²) in [5.41, 5.74) is 1.95. The summed E-state index contributed by atoms with van der Waals surface area (Å²) in [5.74, 6) is -0.378. The Hall–Kier alpha value is -2.13. The van der Waals surface area contributed by atoms with Crippen LogP contribution in [0.4, 0.5) is 0 Å². The third-order valence-electron chi connectivity index (χ3n) is 2.96. The van der Waals surface area contributed by atoms with Crippen molar-refractivity contribution in [1.82, 2.24) is 0 Å². The molecular formula is C17H18O3. The van der Waals surface area contributed by atoms with Gasteiger partial charge < -0.3 is 9.84 Å². The van der Waals surface area contributed by atoms with Gasteiger partial charge in [-0.25, -0.2) is 0 Å². The van der Waals surface area contributed by atoms with E-state index < -0.39 is 6.10 Å². The molecule has 104 valence electrons. The molecule has 3 nitrogen and oxygen atoms in total. The van der Waals surface area contributed by atoms with Gasteiger partial charge in [-0.1, -0.05) is 60.7 Å². The van der Waals surface area contributed by atoms with Gasteiger partial charge in [0, 0.05) is 0 Å². The van der Waals surface area contributed by atoms with Gasteiger partial charge >= 0.3 is 5.97 Å². The summed E-state index contributed by atoms with van der Waals surface area (Å²) in [6, 6.07) is 19.1. The highest BCUT2D eigenvalue weighted by molar-refractivity contribution is 5.70. The summed E-state index contributed by atoms with van der Waals surface area (Å²) in [6.45, 7) is 0.248. The fourth-order valence-corrected chi connectivity index (χ4v) is 1.95. The standard InChI is InChI=1S/C17H18O3/c18-16(11-14-7-3-1-4-8-14)12-17(19)20-13-15-9-5-2-6-10-15/h1-10,16,18H,11-13H2/t16-/m0/s1. The molecule has 0 bridgehead atoms. The van der Waals surface area contributed by atoms with Gasteiger partial charge in [0.2, 0.25) is 0 Å². The van der Waals surface area contributed by atoms with Gasteiger partial charge in [0.05, 0.1) is 12.5 Å². The minimum Gasteiger partial charge on any atom is -0.461 e. The van der Waals surface area contributed by atoms with Crippen LogP contribution in [0.25, 0.3) is 0 Å². The number of hydrogen-bond donors (Lipinski definition) is 1. The van der Waals surface area contributed by atoms with Crippen molar-refractivity contribution >= 4 is 5.97 Å². The lowest BCUT2D eigenvalue weighted by Crippen LogP contribution is -2.18. The second kappa shape index (κ2) is 7.46. The topological polar surface area (TPSA) is 46.5 Å². The molecule has 0 amide bonds. The number of aliphatic hydroxyl groups excluding tert-OH is 1. The van der Waals surface area contributed by atoms with E-state index in [1.807, 2.05) is 60.7 Å². The van der Waals surface area contributed by atoms with E-state index in [1.165, 1.54) is 0 Å². The van der Waals surface area contributed by atoms with Gasteiger partial charge in [-0.3, -0.25) is 4.79 Å². The largest absolute Gasteiger partial charge is 0.461 e. The Morgan fingerprint density at radius 1 is 0.950 bits per heavy atom. The Labute approximate surface area is 118 Å². The van der Waals surface area contributed by atoms with Gasteiger partial charge in [0.1, 0.15) is 6.61 Å². The van der Waals surface area contributed by atoms with Crippen molar-refractivity contribution in [2.75, 3.05) is 0 Å². The zero-order valence-electron chi connectivity index (χ0n) is 11.2. The molecule has 2 rings (SSSR count). The van der Waals surface area contributed by atoms with Crippen molar-refractivity contribution < 1.29 is 14.6 Å². The first-order valence-corrected chi connectivity index (χ1v) is 6.65. The maximum atomic E-state index is 11.6. The van der Waals surface area contributed by atoms with Crippen LogP contribution in [0, 0.1) is 0 Å². The fraction of sp³-hybridized carbons (Fsp3) is 0.235. The predicted octanol–water partition coefficient (Wildman–Crippen LogP) is 2.72. The fourth-order valence-electron chi connectivity index (χ4n) is 1.95. The molecule has 0 aliphatic heterocycles. The minimum absolute atomic E-state index is 0.0156. The molecule has 1 N–H and O–H groups in total. The summed E-state index contributed by atoms with van der Waals surface area (Å²) in [5, 5.41) is 9.87. The van der Waals surface area contributed by atoms with Crippen molar-refractivity contribution in [2.24, 2.45) is 0 Å². The van der Waals surface area contributed by atoms with E-state index in [4.69, 9.17) is 4.74 Å². The smallest absolute Gasteiger partial charge is 0.308 e.